The van der Waals surface area contributed by atoms with E-state index in [-0.39, 0.29) is 28.7 Å². The summed E-state index contributed by atoms with van der Waals surface area (Å²) < 4.78 is 26.9. The first-order chi connectivity index (χ1) is 7.47. The van der Waals surface area contributed by atoms with Gasteiger partial charge in [-0.3, -0.25) is 9.59 Å². The average Bonchev–Trinajstić information content (AvgIpc) is 2.23. The molecule has 0 aliphatic rings. The number of hydrogen-bond acceptors (Lipinski definition) is 2. The highest BCUT2D eigenvalue weighted by Gasteiger charge is 2.18. The molecule has 0 spiro atoms. The maximum atomic E-state index is 13.7. The lowest BCUT2D eigenvalue weighted by Gasteiger charge is -2.06. The van der Waals surface area contributed by atoms with Gasteiger partial charge < -0.3 is 0 Å². The van der Waals surface area contributed by atoms with Gasteiger partial charge in [0.2, 0.25) is 0 Å². The van der Waals surface area contributed by atoms with Crippen molar-refractivity contribution in [3.63, 3.8) is 0 Å². The summed E-state index contributed by atoms with van der Waals surface area (Å²) in [6, 6.07) is 2.08. The van der Waals surface area contributed by atoms with Crippen LogP contribution >= 0.6 is 15.9 Å². The summed E-state index contributed by atoms with van der Waals surface area (Å²) in [5, 5.41) is -0.0466. The number of Topliss-reactive ketones (excluding diaryl/α,β-unsaturated/α-hetero) is 2. The van der Waals surface area contributed by atoms with E-state index in [4.69, 9.17) is 0 Å². The van der Waals surface area contributed by atoms with E-state index in [0.29, 0.717) is 0 Å². The topological polar surface area (TPSA) is 34.1 Å². The molecule has 0 aromatic heterocycles. The molecule has 86 valence electrons. The highest BCUT2D eigenvalue weighted by atomic mass is 79.9. The fourth-order valence-corrected chi connectivity index (χ4v) is 1.60. The first-order valence-electron chi connectivity index (χ1n) is 4.52. The molecular formula is C11H9BrF2O2. The molecule has 0 bridgehead atoms. The molecule has 0 heterocycles. The van der Waals surface area contributed by atoms with Crippen LogP contribution in [-0.2, 0) is 11.2 Å². The van der Waals surface area contributed by atoms with E-state index in [9.17, 15) is 18.4 Å². The number of ketones is 2. The molecule has 1 aromatic rings. The quantitative estimate of drug-likeness (QED) is 0.631. The third-order valence-electron chi connectivity index (χ3n) is 2.03. The highest BCUT2D eigenvalue weighted by molar-refractivity contribution is 9.09. The number of alkyl halides is 1. The standard InChI is InChI=1S/C11H9BrF2O2/c1-6(15)4-8-9(13)3-2-7(11(8)14)10(16)5-12/h2-3H,4-5H2,1H3. The molecule has 0 saturated heterocycles. The zero-order valence-corrected chi connectivity index (χ0v) is 10.1. The fraction of sp³-hybridized carbons (Fsp3) is 0.273. The van der Waals surface area contributed by atoms with Gasteiger partial charge in [-0.1, -0.05) is 15.9 Å². The van der Waals surface area contributed by atoms with E-state index in [1.807, 2.05) is 0 Å². The Hall–Kier alpha value is -1.10. The van der Waals surface area contributed by atoms with Gasteiger partial charge in [-0.15, -0.1) is 0 Å². The fourth-order valence-electron chi connectivity index (χ4n) is 1.30. The smallest absolute Gasteiger partial charge is 0.176 e. The van der Waals surface area contributed by atoms with Crippen LogP contribution in [0.1, 0.15) is 22.8 Å². The van der Waals surface area contributed by atoms with Crippen LogP contribution in [0.2, 0.25) is 0 Å². The number of hydrogen-bond donors (Lipinski definition) is 0. The molecule has 0 amide bonds. The van der Waals surface area contributed by atoms with Gasteiger partial charge >= 0.3 is 0 Å². The predicted molar refractivity (Wildman–Crippen MR) is 58.9 cm³/mol. The van der Waals surface area contributed by atoms with Crippen LogP contribution in [0, 0.1) is 11.6 Å². The molecule has 2 nitrogen and oxygen atoms in total. The zero-order valence-electron chi connectivity index (χ0n) is 8.52. The van der Waals surface area contributed by atoms with Crippen molar-refractivity contribution in [3.8, 4) is 0 Å². The van der Waals surface area contributed by atoms with E-state index in [0.717, 1.165) is 12.1 Å². The second kappa shape index (κ2) is 5.30. The van der Waals surface area contributed by atoms with Crippen molar-refractivity contribution >= 4 is 27.5 Å². The predicted octanol–water partition coefficient (Wildman–Crippen LogP) is 2.67. The lowest BCUT2D eigenvalue weighted by molar-refractivity contribution is -0.116. The normalized spacial score (nSPS) is 10.2. The van der Waals surface area contributed by atoms with Gasteiger partial charge in [-0.25, -0.2) is 8.78 Å². The molecule has 16 heavy (non-hydrogen) atoms. The van der Waals surface area contributed by atoms with Gasteiger partial charge in [0.05, 0.1) is 10.9 Å². The Morgan fingerprint density at radius 2 is 1.94 bits per heavy atom. The molecule has 0 saturated carbocycles. The van der Waals surface area contributed by atoms with Crippen molar-refractivity contribution in [2.24, 2.45) is 0 Å². The van der Waals surface area contributed by atoms with Crippen molar-refractivity contribution in [1.82, 2.24) is 0 Å². The summed E-state index contributed by atoms with van der Waals surface area (Å²) in [7, 11) is 0. The van der Waals surface area contributed by atoms with Crippen LogP contribution in [0.5, 0.6) is 0 Å². The number of halogens is 3. The minimum Gasteiger partial charge on any atom is -0.300 e. The number of carbonyl (C=O) groups excluding carboxylic acids is 2. The minimum atomic E-state index is -0.945. The summed E-state index contributed by atoms with van der Waals surface area (Å²) in [5.41, 5.74) is -0.547. The van der Waals surface area contributed by atoms with Gasteiger partial charge in [0, 0.05) is 12.0 Å². The molecule has 1 rings (SSSR count). The zero-order chi connectivity index (χ0) is 12.3. The summed E-state index contributed by atoms with van der Waals surface area (Å²) >= 11 is 2.90. The number of benzene rings is 1. The third-order valence-corrected chi connectivity index (χ3v) is 2.54. The lowest BCUT2D eigenvalue weighted by atomic mass is 10.0. The van der Waals surface area contributed by atoms with Gasteiger partial charge in [0.25, 0.3) is 0 Å². The van der Waals surface area contributed by atoms with Gasteiger partial charge in [0.1, 0.15) is 17.4 Å². The van der Waals surface area contributed by atoms with Crippen molar-refractivity contribution < 1.29 is 18.4 Å². The maximum absolute atomic E-state index is 13.7. The Morgan fingerprint density at radius 3 is 2.44 bits per heavy atom. The van der Waals surface area contributed by atoms with Crippen LogP contribution < -0.4 is 0 Å². The largest absolute Gasteiger partial charge is 0.300 e. The molecule has 1 aromatic carbocycles. The molecule has 0 N–H and O–H groups in total. The SMILES string of the molecule is CC(=O)Cc1c(F)ccc(C(=O)CBr)c1F. The molecule has 0 fully saturated rings. The van der Waals surface area contributed by atoms with Gasteiger partial charge in [-0.2, -0.15) is 0 Å². The van der Waals surface area contributed by atoms with E-state index in [1.54, 1.807) is 0 Å². The summed E-state index contributed by atoms with van der Waals surface area (Å²) in [6.45, 7) is 1.23. The van der Waals surface area contributed by atoms with Crippen molar-refractivity contribution in [2.75, 3.05) is 5.33 Å². The molecule has 0 aliphatic heterocycles. The van der Waals surface area contributed by atoms with Crippen LogP contribution in [0.3, 0.4) is 0 Å². The summed E-state index contributed by atoms with van der Waals surface area (Å²) in [4.78, 5) is 22.1. The Labute approximate surface area is 99.8 Å². The Morgan fingerprint density at radius 1 is 1.31 bits per heavy atom. The maximum Gasteiger partial charge on any atom is 0.176 e. The molecule has 0 unspecified atom stereocenters. The summed E-state index contributed by atoms with van der Waals surface area (Å²) in [6.07, 6.45) is -0.346. The molecule has 0 aliphatic carbocycles. The number of rotatable bonds is 4. The molecule has 0 radical (unpaired) electrons. The third kappa shape index (κ3) is 2.72. The Kier molecular flexibility index (Phi) is 4.29. The second-order valence-corrected chi connectivity index (χ2v) is 3.88. The molecular weight excluding hydrogens is 282 g/mol. The number of carbonyl (C=O) groups is 2. The average molecular weight is 291 g/mol. The van der Waals surface area contributed by atoms with Gasteiger partial charge in [0.15, 0.2) is 5.78 Å². The lowest BCUT2D eigenvalue weighted by Crippen LogP contribution is -2.10. The van der Waals surface area contributed by atoms with Crippen molar-refractivity contribution in [3.05, 3.63) is 34.9 Å². The second-order valence-electron chi connectivity index (χ2n) is 3.32. The van der Waals surface area contributed by atoms with Crippen LogP contribution in [0.25, 0.3) is 0 Å². The van der Waals surface area contributed by atoms with E-state index < -0.39 is 17.4 Å². The van der Waals surface area contributed by atoms with Crippen LogP contribution in [-0.4, -0.2) is 16.9 Å². The minimum absolute atomic E-state index is 0.0466. The van der Waals surface area contributed by atoms with Gasteiger partial charge in [-0.05, 0) is 19.1 Å². The van der Waals surface area contributed by atoms with E-state index in [2.05, 4.69) is 15.9 Å². The Bertz CT molecular complexity index is 444. The highest BCUT2D eigenvalue weighted by Crippen LogP contribution is 2.18. The van der Waals surface area contributed by atoms with Crippen LogP contribution in [0.4, 0.5) is 8.78 Å². The summed E-state index contributed by atoms with van der Waals surface area (Å²) in [5.74, 6) is -2.60. The monoisotopic (exact) mass is 290 g/mol. The van der Waals surface area contributed by atoms with E-state index >= 15 is 0 Å². The van der Waals surface area contributed by atoms with Crippen LogP contribution in [0.15, 0.2) is 12.1 Å². The molecule has 5 heteroatoms. The Balaban J connectivity index is 3.26. The first-order valence-corrected chi connectivity index (χ1v) is 5.65. The van der Waals surface area contributed by atoms with Crippen molar-refractivity contribution in [2.45, 2.75) is 13.3 Å². The van der Waals surface area contributed by atoms with Crippen molar-refractivity contribution in [1.29, 1.82) is 0 Å². The molecule has 0 atom stereocenters. The first kappa shape index (κ1) is 13.0. The van der Waals surface area contributed by atoms with E-state index in [1.165, 1.54) is 6.92 Å².